The lowest BCUT2D eigenvalue weighted by atomic mass is 10.0. The van der Waals surface area contributed by atoms with Crippen LogP contribution in [-0.4, -0.2) is 44.3 Å². The molecule has 0 saturated heterocycles. The summed E-state index contributed by atoms with van der Waals surface area (Å²) in [6.07, 6.45) is 0.259. The highest BCUT2D eigenvalue weighted by molar-refractivity contribution is 7.92. The van der Waals surface area contributed by atoms with Crippen LogP contribution in [0.15, 0.2) is 114 Å². The Morgan fingerprint density at radius 2 is 1.36 bits per heavy atom. The molecular weight excluding hydrogens is 594 g/mol. The number of rotatable bonds is 13. The molecule has 0 saturated carbocycles. The second-order valence-corrected chi connectivity index (χ2v) is 13.5. The smallest absolute Gasteiger partial charge is 0.264 e. The number of hydrogen-bond donors (Lipinski definition) is 1. The lowest BCUT2D eigenvalue weighted by Gasteiger charge is -2.34. The quantitative estimate of drug-likeness (QED) is 0.189. The van der Waals surface area contributed by atoms with Crippen LogP contribution in [0.3, 0.4) is 0 Å². The van der Waals surface area contributed by atoms with E-state index in [1.807, 2.05) is 81.4 Å². The van der Waals surface area contributed by atoms with E-state index in [1.54, 1.807) is 36.4 Å². The summed E-state index contributed by atoms with van der Waals surface area (Å²) < 4.78 is 29.2. The van der Waals surface area contributed by atoms with Crippen molar-refractivity contribution in [1.82, 2.24) is 10.2 Å². The summed E-state index contributed by atoms with van der Waals surface area (Å²) in [5.41, 5.74) is 2.88. The minimum Gasteiger partial charge on any atom is -0.354 e. The van der Waals surface area contributed by atoms with Crippen LogP contribution in [0.4, 0.5) is 5.69 Å². The molecular formula is C35H38ClN3O4S. The fourth-order valence-electron chi connectivity index (χ4n) is 4.73. The van der Waals surface area contributed by atoms with E-state index in [9.17, 15) is 18.0 Å². The van der Waals surface area contributed by atoms with Crippen LogP contribution >= 0.6 is 11.6 Å². The highest BCUT2D eigenvalue weighted by atomic mass is 35.5. The number of carbonyl (C=O) groups is 2. The van der Waals surface area contributed by atoms with Crippen LogP contribution in [0.1, 0.15) is 30.5 Å². The van der Waals surface area contributed by atoms with Crippen LogP contribution in [-0.2, 0) is 32.6 Å². The number of anilines is 1. The molecule has 0 fully saturated rings. The Bertz CT molecular complexity index is 1630. The van der Waals surface area contributed by atoms with E-state index < -0.39 is 28.5 Å². The van der Waals surface area contributed by atoms with Crippen molar-refractivity contribution in [2.45, 2.75) is 44.7 Å². The molecule has 0 aliphatic heterocycles. The van der Waals surface area contributed by atoms with Crippen molar-refractivity contribution in [3.63, 3.8) is 0 Å². The molecule has 4 aromatic carbocycles. The van der Waals surface area contributed by atoms with Crippen molar-refractivity contribution in [3.05, 3.63) is 131 Å². The highest BCUT2D eigenvalue weighted by Gasteiger charge is 2.34. The standard InChI is InChI=1S/C35H38ClN3O4S/c1-26(2)23-37-35(41)33(22-28-10-6-4-7-11-28)38(24-29-12-8-5-9-13-29)34(40)25-39(31-18-16-30(36)17-19-31)44(42,43)32-20-14-27(3)15-21-32/h4-21,26,33H,22-25H2,1-3H3,(H,37,41). The van der Waals surface area contributed by atoms with E-state index in [4.69, 9.17) is 11.6 Å². The first-order chi connectivity index (χ1) is 21.0. The summed E-state index contributed by atoms with van der Waals surface area (Å²) >= 11 is 6.13. The number of carbonyl (C=O) groups excluding carboxylic acids is 2. The second kappa shape index (κ2) is 15.0. The molecule has 0 bridgehead atoms. The van der Waals surface area contributed by atoms with Crippen LogP contribution in [0, 0.1) is 12.8 Å². The van der Waals surface area contributed by atoms with Gasteiger partial charge in [-0.25, -0.2) is 8.42 Å². The maximum absolute atomic E-state index is 14.4. The number of nitrogens with one attached hydrogen (secondary N) is 1. The predicted octanol–water partition coefficient (Wildman–Crippen LogP) is 6.26. The largest absolute Gasteiger partial charge is 0.354 e. The molecule has 9 heteroatoms. The third-order valence-electron chi connectivity index (χ3n) is 7.15. The molecule has 0 aliphatic rings. The summed E-state index contributed by atoms with van der Waals surface area (Å²) in [6.45, 7) is 5.91. The van der Waals surface area contributed by atoms with Gasteiger partial charge in [-0.2, -0.15) is 0 Å². The minimum atomic E-state index is -4.17. The Hall–Kier alpha value is -4.14. The summed E-state index contributed by atoms with van der Waals surface area (Å²) in [7, 11) is -4.17. The summed E-state index contributed by atoms with van der Waals surface area (Å²) in [4.78, 5) is 29.7. The molecule has 230 valence electrons. The van der Waals surface area contributed by atoms with Crippen molar-refractivity contribution in [2.24, 2.45) is 5.92 Å². The summed E-state index contributed by atoms with van der Waals surface area (Å²) in [5, 5.41) is 3.43. The lowest BCUT2D eigenvalue weighted by molar-refractivity contribution is -0.140. The van der Waals surface area contributed by atoms with E-state index >= 15 is 0 Å². The molecule has 1 unspecified atom stereocenters. The normalized spacial score (nSPS) is 12.0. The van der Waals surface area contributed by atoms with Gasteiger partial charge in [-0.15, -0.1) is 0 Å². The Kier molecular flexibility index (Phi) is 11.2. The van der Waals surface area contributed by atoms with Gasteiger partial charge in [-0.1, -0.05) is 104 Å². The number of nitrogens with zero attached hydrogens (tertiary/aromatic N) is 2. The molecule has 0 radical (unpaired) electrons. The van der Waals surface area contributed by atoms with Gasteiger partial charge in [0.1, 0.15) is 12.6 Å². The Morgan fingerprint density at radius 3 is 1.93 bits per heavy atom. The number of benzene rings is 4. The predicted molar refractivity (Wildman–Crippen MR) is 176 cm³/mol. The first-order valence-electron chi connectivity index (χ1n) is 14.5. The summed E-state index contributed by atoms with van der Waals surface area (Å²) in [6, 6.07) is 30.8. The molecule has 0 aromatic heterocycles. The van der Waals surface area contributed by atoms with Crippen molar-refractivity contribution in [2.75, 3.05) is 17.4 Å². The molecule has 0 spiro atoms. The van der Waals surface area contributed by atoms with Crippen LogP contribution in [0.25, 0.3) is 0 Å². The average Bonchev–Trinajstić information content (AvgIpc) is 3.02. The molecule has 4 rings (SSSR count). The fourth-order valence-corrected chi connectivity index (χ4v) is 6.27. The van der Waals surface area contributed by atoms with Crippen LogP contribution in [0.5, 0.6) is 0 Å². The van der Waals surface area contributed by atoms with E-state index in [-0.39, 0.29) is 35.4 Å². The zero-order chi connectivity index (χ0) is 31.7. The van der Waals surface area contributed by atoms with E-state index in [1.165, 1.54) is 17.0 Å². The SMILES string of the molecule is Cc1ccc(S(=O)(=O)N(CC(=O)N(Cc2ccccc2)C(Cc2ccccc2)C(=O)NCC(C)C)c2ccc(Cl)cc2)cc1. The van der Waals surface area contributed by atoms with Gasteiger partial charge < -0.3 is 10.2 Å². The summed E-state index contributed by atoms with van der Waals surface area (Å²) in [5.74, 6) is -0.610. The van der Waals surface area contributed by atoms with Crippen LogP contribution < -0.4 is 9.62 Å². The molecule has 1 N–H and O–H groups in total. The van der Waals surface area contributed by atoms with Gasteiger partial charge in [-0.05, 0) is 60.4 Å². The number of sulfonamides is 1. The minimum absolute atomic E-state index is 0.0518. The molecule has 44 heavy (non-hydrogen) atoms. The molecule has 2 amide bonds. The van der Waals surface area contributed by atoms with Gasteiger partial charge in [-0.3, -0.25) is 13.9 Å². The molecule has 7 nitrogen and oxygen atoms in total. The Balaban J connectivity index is 1.78. The van der Waals surface area contributed by atoms with Crippen molar-refractivity contribution < 1.29 is 18.0 Å². The topological polar surface area (TPSA) is 86.8 Å². The van der Waals surface area contributed by atoms with Gasteiger partial charge in [0.15, 0.2) is 0 Å². The molecule has 1 atom stereocenters. The maximum Gasteiger partial charge on any atom is 0.264 e. The third-order valence-corrected chi connectivity index (χ3v) is 9.19. The fraction of sp³-hybridized carbons (Fsp3) is 0.257. The third kappa shape index (κ3) is 8.71. The number of halogens is 1. The first-order valence-corrected chi connectivity index (χ1v) is 16.4. The zero-order valence-corrected chi connectivity index (χ0v) is 26.8. The average molecular weight is 632 g/mol. The highest BCUT2D eigenvalue weighted by Crippen LogP contribution is 2.26. The van der Waals surface area contributed by atoms with Crippen LogP contribution in [0.2, 0.25) is 5.02 Å². The maximum atomic E-state index is 14.4. The molecule has 0 heterocycles. The van der Waals surface area contributed by atoms with E-state index in [2.05, 4.69) is 5.32 Å². The Morgan fingerprint density at radius 1 is 0.795 bits per heavy atom. The number of aryl methyl sites for hydroxylation is 1. The molecule has 0 aliphatic carbocycles. The lowest BCUT2D eigenvalue weighted by Crippen LogP contribution is -2.53. The zero-order valence-electron chi connectivity index (χ0n) is 25.2. The Labute approximate surface area is 265 Å². The van der Waals surface area contributed by atoms with Crippen molar-refractivity contribution in [3.8, 4) is 0 Å². The monoisotopic (exact) mass is 631 g/mol. The van der Waals surface area contributed by atoms with Gasteiger partial charge in [0.05, 0.1) is 10.6 Å². The van der Waals surface area contributed by atoms with Gasteiger partial charge in [0.2, 0.25) is 11.8 Å². The van der Waals surface area contributed by atoms with Crippen molar-refractivity contribution >= 4 is 39.1 Å². The molecule has 4 aromatic rings. The van der Waals surface area contributed by atoms with E-state index in [0.717, 1.165) is 21.0 Å². The van der Waals surface area contributed by atoms with Gasteiger partial charge in [0, 0.05) is 24.5 Å². The number of hydrogen-bond acceptors (Lipinski definition) is 4. The van der Waals surface area contributed by atoms with Gasteiger partial charge in [0.25, 0.3) is 10.0 Å². The first kappa shape index (κ1) is 32.8. The van der Waals surface area contributed by atoms with Crippen molar-refractivity contribution in [1.29, 1.82) is 0 Å². The van der Waals surface area contributed by atoms with Gasteiger partial charge >= 0.3 is 0 Å². The van der Waals surface area contributed by atoms with E-state index in [0.29, 0.717) is 11.6 Å². The number of amides is 2. The second-order valence-electron chi connectivity index (χ2n) is 11.2.